The highest BCUT2D eigenvalue weighted by molar-refractivity contribution is 8.01. The first-order chi connectivity index (χ1) is 6.21. The number of carboxylic acids is 1. The summed E-state index contributed by atoms with van der Waals surface area (Å²) in [6.45, 7) is 2.10. The van der Waals surface area contributed by atoms with Crippen LogP contribution >= 0.6 is 11.8 Å². The molecule has 0 unspecified atom stereocenters. The van der Waals surface area contributed by atoms with Gasteiger partial charge in [0.05, 0.1) is 0 Å². The van der Waals surface area contributed by atoms with Crippen molar-refractivity contribution in [3.63, 3.8) is 0 Å². The van der Waals surface area contributed by atoms with Gasteiger partial charge in [0.15, 0.2) is 0 Å². The van der Waals surface area contributed by atoms with Crippen LogP contribution in [0.1, 0.15) is 45.4 Å². The zero-order chi connectivity index (χ0) is 9.73. The molecule has 0 heterocycles. The van der Waals surface area contributed by atoms with Crippen LogP contribution in [0.25, 0.3) is 0 Å². The number of carboxylic acid groups (broad SMARTS) is 1. The fourth-order valence-corrected chi connectivity index (χ4v) is 3.14. The third kappa shape index (κ3) is 2.63. The zero-order valence-electron chi connectivity index (χ0n) is 8.21. The first kappa shape index (κ1) is 10.9. The van der Waals surface area contributed by atoms with E-state index in [0.29, 0.717) is 0 Å². The molecule has 0 bridgehead atoms. The quantitative estimate of drug-likeness (QED) is 0.761. The van der Waals surface area contributed by atoms with Gasteiger partial charge >= 0.3 is 5.97 Å². The molecule has 1 N–H and O–H groups in total. The van der Waals surface area contributed by atoms with Gasteiger partial charge in [0.2, 0.25) is 0 Å². The van der Waals surface area contributed by atoms with E-state index < -0.39 is 10.7 Å². The fraction of sp³-hybridized carbons (Fsp3) is 0.900. The van der Waals surface area contributed by atoms with Crippen LogP contribution in [0.5, 0.6) is 0 Å². The molecule has 0 aromatic carbocycles. The van der Waals surface area contributed by atoms with Crippen molar-refractivity contribution in [2.75, 3.05) is 5.75 Å². The van der Waals surface area contributed by atoms with Crippen molar-refractivity contribution in [2.24, 2.45) is 0 Å². The van der Waals surface area contributed by atoms with Crippen molar-refractivity contribution in [1.29, 1.82) is 0 Å². The van der Waals surface area contributed by atoms with Crippen molar-refractivity contribution in [3.05, 3.63) is 0 Å². The second-order valence-corrected chi connectivity index (χ2v) is 5.19. The van der Waals surface area contributed by atoms with Crippen LogP contribution in [-0.2, 0) is 4.79 Å². The Labute approximate surface area is 84.1 Å². The van der Waals surface area contributed by atoms with E-state index in [9.17, 15) is 9.90 Å². The van der Waals surface area contributed by atoms with Crippen LogP contribution in [0.15, 0.2) is 0 Å². The molecule has 0 radical (unpaired) electrons. The van der Waals surface area contributed by atoms with Gasteiger partial charge in [-0.05, 0) is 25.0 Å². The van der Waals surface area contributed by atoms with Gasteiger partial charge in [0, 0.05) is 0 Å². The average Bonchev–Trinajstić information content (AvgIpc) is 2.16. The molecule has 2 nitrogen and oxygen atoms in total. The van der Waals surface area contributed by atoms with E-state index in [0.717, 1.165) is 37.9 Å². The summed E-state index contributed by atoms with van der Waals surface area (Å²) < 4.78 is -0.436. The van der Waals surface area contributed by atoms with Crippen molar-refractivity contribution < 1.29 is 9.90 Å². The summed E-state index contributed by atoms with van der Waals surface area (Å²) in [5.74, 6) is 0.386. The summed E-state index contributed by atoms with van der Waals surface area (Å²) in [5, 5.41) is 9.19. The second kappa shape index (κ2) is 4.89. The van der Waals surface area contributed by atoms with Gasteiger partial charge < -0.3 is 5.11 Å². The summed E-state index contributed by atoms with van der Waals surface area (Å²) in [6, 6.07) is 0. The highest BCUT2D eigenvalue weighted by Crippen LogP contribution is 2.40. The zero-order valence-corrected chi connectivity index (χ0v) is 9.03. The summed E-state index contributed by atoms with van der Waals surface area (Å²) in [6.07, 6.45) is 6.19. The van der Waals surface area contributed by atoms with Crippen LogP contribution < -0.4 is 0 Å². The summed E-state index contributed by atoms with van der Waals surface area (Å²) in [4.78, 5) is 11.2. The number of carbonyl (C=O) groups is 1. The molecular formula is C10H18O2S. The average molecular weight is 202 g/mol. The second-order valence-electron chi connectivity index (χ2n) is 3.71. The Kier molecular flexibility index (Phi) is 4.10. The number of aliphatic carboxylic acids is 1. The van der Waals surface area contributed by atoms with Crippen molar-refractivity contribution in [3.8, 4) is 0 Å². The Bertz CT molecular complexity index is 174. The van der Waals surface area contributed by atoms with Crippen molar-refractivity contribution >= 4 is 17.7 Å². The van der Waals surface area contributed by atoms with E-state index in [4.69, 9.17) is 0 Å². The minimum absolute atomic E-state index is 0.436. The molecule has 1 rings (SSSR count). The molecule has 0 aromatic rings. The minimum Gasteiger partial charge on any atom is -0.480 e. The lowest BCUT2D eigenvalue weighted by atomic mass is 9.88. The first-order valence-electron chi connectivity index (χ1n) is 5.08. The Morgan fingerprint density at radius 1 is 1.38 bits per heavy atom. The minimum atomic E-state index is -0.592. The van der Waals surface area contributed by atoms with E-state index in [1.807, 2.05) is 0 Å². The predicted octanol–water partition coefficient (Wildman–Crippen LogP) is 2.92. The summed E-state index contributed by atoms with van der Waals surface area (Å²) >= 11 is 1.65. The Morgan fingerprint density at radius 2 is 2.00 bits per heavy atom. The van der Waals surface area contributed by atoms with E-state index in [-0.39, 0.29) is 0 Å². The molecule has 1 aliphatic rings. The molecule has 0 aromatic heterocycles. The highest BCUT2D eigenvalue weighted by atomic mass is 32.2. The van der Waals surface area contributed by atoms with Crippen LogP contribution in [0, 0.1) is 0 Å². The van der Waals surface area contributed by atoms with Crippen LogP contribution in [-0.4, -0.2) is 21.6 Å². The molecule has 0 atom stereocenters. The van der Waals surface area contributed by atoms with Gasteiger partial charge in [0.25, 0.3) is 0 Å². The summed E-state index contributed by atoms with van der Waals surface area (Å²) in [7, 11) is 0. The molecule has 0 amide bonds. The largest absolute Gasteiger partial charge is 0.480 e. The standard InChI is InChI=1S/C10H18O2S/c1-2-8-13-10(9(11)12)6-4-3-5-7-10/h2-8H2,1H3,(H,11,12). The molecule has 0 aliphatic heterocycles. The normalized spacial score (nSPS) is 21.3. The molecule has 76 valence electrons. The third-order valence-electron chi connectivity index (χ3n) is 2.63. The van der Waals surface area contributed by atoms with Gasteiger partial charge in [0.1, 0.15) is 4.75 Å². The fourth-order valence-electron chi connectivity index (χ4n) is 1.84. The van der Waals surface area contributed by atoms with Crippen molar-refractivity contribution in [2.45, 2.75) is 50.2 Å². The topological polar surface area (TPSA) is 37.3 Å². The number of rotatable bonds is 4. The van der Waals surface area contributed by atoms with Gasteiger partial charge in [-0.3, -0.25) is 4.79 Å². The van der Waals surface area contributed by atoms with E-state index in [2.05, 4.69) is 6.92 Å². The molecule has 0 spiro atoms. The Hall–Kier alpha value is -0.180. The van der Waals surface area contributed by atoms with E-state index in [1.54, 1.807) is 11.8 Å². The molecule has 1 aliphatic carbocycles. The molecule has 1 saturated carbocycles. The van der Waals surface area contributed by atoms with E-state index in [1.165, 1.54) is 6.42 Å². The third-order valence-corrected chi connectivity index (χ3v) is 4.38. The SMILES string of the molecule is CCCSC1(C(=O)O)CCCCC1. The lowest BCUT2D eigenvalue weighted by molar-refractivity contribution is -0.140. The maximum atomic E-state index is 11.2. The highest BCUT2D eigenvalue weighted by Gasteiger charge is 2.39. The lowest BCUT2D eigenvalue weighted by Gasteiger charge is -2.32. The Morgan fingerprint density at radius 3 is 2.46 bits per heavy atom. The maximum Gasteiger partial charge on any atom is 0.319 e. The molecule has 0 saturated heterocycles. The van der Waals surface area contributed by atoms with E-state index >= 15 is 0 Å². The lowest BCUT2D eigenvalue weighted by Crippen LogP contribution is -2.37. The smallest absolute Gasteiger partial charge is 0.319 e. The van der Waals surface area contributed by atoms with Crippen LogP contribution in [0.2, 0.25) is 0 Å². The monoisotopic (exact) mass is 202 g/mol. The Balaban J connectivity index is 2.56. The molecule has 13 heavy (non-hydrogen) atoms. The number of thioether (sulfide) groups is 1. The van der Waals surface area contributed by atoms with Crippen molar-refractivity contribution in [1.82, 2.24) is 0 Å². The number of hydrogen-bond donors (Lipinski definition) is 1. The van der Waals surface area contributed by atoms with Crippen LogP contribution in [0.4, 0.5) is 0 Å². The van der Waals surface area contributed by atoms with Gasteiger partial charge in [-0.2, -0.15) is 0 Å². The predicted molar refractivity (Wildman–Crippen MR) is 56.2 cm³/mol. The van der Waals surface area contributed by atoms with Gasteiger partial charge in [-0.1, -0.05) is 26.2 Å². The molecule has 3 heteroatoms. The van der Waals surface area contributed by atoms with Gasteiger partial charge in [-0.15, -0.1) is 11.8 Å². The van der Waals surface area contributed by atoms with Gasteiger partial charge in [-0.25, -0.2) is 0 Å². The first-order valence-corrected chi connectivity index (χ1v) is 6.07. The molecule has 1 fully saturated rings. The molecular weight excluding hydrogens is 184 g/mol. The maximum absolute atomic E-state index is 11.2. The van der Waals surface area contributed by atoms with Crippen LogP contribution in [0.3, 0.4) is 0 Å². The number of hydrogen-bond acceptors (Lipinski definition) is 2. The summed E-state index contributed by atoms with van der Waals surface area (Å²) in [5.41, 5.74) is 0.